The molecule has 2 rings (SSSR count). The zero-order valence-corrected chi connectivity index (χ0v) is 29.7. The summed E-state index contributed by atoms with van der Waals surface area (Å²) >= 11 is 0. The van der Waals surface area contributed by atoms with Crippen LogP contribution in [0, 0.1) is 17.8 Å². The predicted molar refractivity (Wildman–Crippen MR) is 176 cm³/mol. The fourth-order valence-electron chi connectivity index (χ4n) is 5.09. The van der Waals surface area contributed by atoms with Crippen LogP contribution in [0.25, 0.3) is 0 Å². The van der Waals surface area contributed by atoms with Crippen LogP contribution < -0.4 is 0 Å². The summed E-state index contributed by atoms with van der Waals surface area (Å²) in [5.74, 6) is -0.714. The lowest BCUT2D eigenvalue weighted by molar-refractivity contribution is -0.156. The maximum absolute atomic E-state index is 12.1. The molecule has 11 heteroatoms. The molecule has 0 radical (unpaired) electrons. The van der Waals surface area contributed by atoms with Gasteiger partial charge in [-0.25, -0.2) is 4.79 Å². The first-order valence-electron chi connectivity index (χ1n) is 16.2. The molecule has 10 unspecified atom stereocenters. The molecule has 2 aliphatic rings. The third-order valence-corrected chi connectivity index (χ3v) is 8.07. The highest BCUT2D eigenvalue weighted by molar-refractivity contribution is 5.70. The van der Waals surface area contributed by atoms with Gasteiger partial charge in [-0.05, 0) is 46.1 Å². The van der Waals surface area contributed by atoms with Crippen molar-refractivity contribution in [1.82, 2.24) is 4.90 Å². The number of amides is 1. The van der Waals surface area contributed by atoms with Crippen molar-refractivity contribution in [1.29, 1.82) is 0 Å². The third kappa shape index (κ3) is 14.8. The standard InChI is InChI=1S/C20H35NO4.C15H24O6/c1-9-16(23-8)15(5)18-19(24-18)17(25-20(22)21(6)7)14(4)12-10-11-13(2)3;1-10-4-5-13(21-11(2)16)15(3,19)7-6-12(17)8-14(18)20-9-10/h10-12,14-19H,9H2,1-8H3;4-5,10,12-13,17,19H,6-9H2,1-3H3/b12-10+;5-4+. The quantitative estimate of drug-likeness (QED) is 0.109. The van der Waals surface area contributed by atoms with E-state index in [-0.39, 0.29) is 74.1 Å². The van der Waals surface area contributed by atoms with Gasteiger partial charge in [-0.3, -0.25) is 9.59 Å². The number of rotatable bonds is 10. The van der Waals surface area contributed by atoms with Crippen molar-refractivity contribution in [2.75, 3.05) is 27.8 Å². The number of aliphatic hydroxyl groups excluding tert-OH is 1. The number of allylic oxidation sites excluding steroid dienone is 3. The molecule has 46 heavy (non-hydrogen) atoms. The minimum Gasteiger partial charge on any atom is -0.465 e. The van der Waals surface area contributed by atoms with E-state index in [0.29, 0.717) is 0 Å². The minimum absolute atomic E-state index is 0.0594. The summed E-state index contributed by atoms with van der Waals surface area (Å²) in [6, 6.07) is 0. The summed E-state index contributed by atoms with van der Waals surface area (Å²) in [7, 11) is 5.11. The first kappa shape index (κ1) is 41.3. The number of aliphatic hydroxyl groups is 2. The SMILES string of the molecule is CC(=O)OC1/C=C/C(C)COC(=O)CC(O)CCC1(C)O.CCC(OC)C(C)C1OC1C(OC(=O)N(C)C)C(C)/C=C/C=C(C)C. The molecule has 2 heterocycles. The summed E-state index contributed by atoms with van der Waals surface area (Å²) < 4.78 is 27.4. The van der Waals surface area contributed by atoms with Gasteiger partial charge in [-0.1, -0.05) is 57.6 Å². The van der Waals surface area contributed by atoms with Crippen LogP contribution >= 0.6 is 0 Å². The lowest BCUT2D eigenvalue weighted by Crippen LogP contribution is -2.42. The van der Waals surface area contributed by atoms with Gasteiger partial charge in [0, 0.05) is 45.9 Å². The van der Waals surface area contributed by atoms with Crippen LogP contribution in [0.1, 0.15) is 81.1 Å². The molecule has 0 bridgehead atoms. The topological polar surface area (TPSA) is 144 Å². The van der Waals surface area contributed by atoms with E-state index < -0.39 is 29.7 Å². The summed E-state index contributed by atoms with van der Waals surface area (Å²) in [6.07, 6.45) is 8.49. The van der Waals surface area contributed by atoms with Crippen molar-refractivity contribution < 1.29 is 48.3 Å². The van der Waals surface area contributed by atoms with E-state index >= 15 is 0 Å². The van der Waals surface area contributed by atoms with E-state index in [1.807, 2.05) is 19.1 Å². The molecule has 10 atom stereocenters. The van der Waals surface area contributed by atoms with Gasteiger partial charge in [-0.15, -0.1) is 0 Å². The number of nitrogens with zero attached hydrogens (tertiary/aromatic N) is 1. The molecule has 2 aliphatic heterocycles. The number of epoxide rings is 1. The van der Waals surface area contributed by atoms with Gasteiger partial charge in [-0.2, -0.15) is 0 Å². The molecule has 0 spiro atoms. The Morgan fingerprint density at radius 2 is 1.83 bits per heavy atom. The average Bonchev–Trinajstić information content (AvgIpc) is 3.76. The van der Waals surface area contributed by atoms with Crippen LogP contribution in [0.4, 0.5) is 4.79 Å². The van der Waals surface area contributed by atoms with Crippen molar-refractivity contribution in [2.45, 2.75) is 123 Å². The van der Waals surface area contributed by atoms with Crippen molar-refractivity contribution in [3.63, 3.8) is 0 Å². The molecule has 264 valence electrons. The lowest BCUT2D eigenvalue weighted by Gasteiger charge is -2.31. The summed E-state index contributed by atoms with van der Waals surface area (Å²) in [4.78, 5) is 36.2. The maximum Gasteiger partial charge on any atom is 0.409 e. The minimum atomic E-state index is -1.31. The smallest absolute Gasteiger partial charge is 0.409 e. The molecule has 1 fully saturated rings. The number of cyclic esters (lactones) is 1. The van der Waals surface area contributed by atoms with E-state index in [1.54, 1.807) is 40.3 Å². The Morgan fingerprint density at radius 3 is 2.37 bits per heavy atom. The zero-order valence-electron chi connectivity index (χ0n) is 29.7. The molecule has 0 saturated carbocycles. The van der Waals surface area contributed by atoms with E-state index in [9.17, 15) is 24.6 Å². The Morgan fingerprint density at radius 1 is 1.17 bits per heavy atom. The van der Waals surface area contributed by atoms with Gasteiger partial charge in [0.25, 0.3) is 0 Å². The van der Waals surface area contributed by atoms with Crippen LogP contribution in [-0.2, 0) is 33.3 Å². The highest BCUT2D eigenvalue weighted by atomic mass is 16.6. The van der Waals surface area contributed by atoms with Crippen LogP contribution in [-0.4, -0.2) is 103 Å². The predicted octanol–water partition coefficient (Wildman–Crippen LogP) is 4.99. The Balaban J connectivity index is 0.000000467. The van der Waals surface area contributed by atoms with E-state index in [4.69, 9.17) is 23.7 Å². The summed E-state index contributed by atoms with van der Waals surface area (Å²) in [5.41, 5.74) is -0.0864. The summed E-state index contributed by atoms with van der Waals surface area (Å²) in [6.45, 7) is 15.2. The highest BCUT2D eigenvalue weighted by Crippen LogP contribution is 2.39. The van der Waals surface area contributed by atoms with Crippen molar-refractivity contribution in [2.24, 2.45) is 17.8 Å². The van der Waals surface area contributed by atoms with Crippen LogP contribution in [0.15, 0.2) is 36.0 Å². The van der Waals surface area contributed by atoms with Gasteiger partial charge in [0.1, 0.15) is 23.9 Å². The number of hydrogen-bond donors (Lipinski definition) is 2. The summed E-state index contributed by atoms with van der Waals surface area (Å²) in [5, 5.41) is 20.3. The Bertz CT molecular complexity index is 1040. The molecule has 2 N–H and O–H groups in total. The molecule has 11 nitrogen and oxygen atoms in total. The lowest BCUT2D eigenvalue weighted by atomic mass is 9.90. The Kier molecular flexibility index (Phi) is 17.8. The second kappa shape index (κ2) is 19.8. The van der Waals surface area contributed by atoms with Crippen molar-refractivity contribution >= 4 is 18.0 Å². The molecular weight excluding hydrogens is 594 g/mol. The number of carbonyl (C=O) groups is 3. The number of carbonyl (C=O) groups excluding carboxylic acids is 3. The molecule has 1 amide bonds. The molecule has 0 aromatic carbocycles. The molecular formula is C35H59NO10. The van der Waals surface area contributed by atoms with E-state index in [0.717, 1.165) is 6.42 Å². The van der Waals surface area contributed by atoms with Crippen molar-refractivity contribution in [3.8, 4) is 0 Å². The fourth-order valence-corrected chi connectivity index (χ4v) is 5.09. The second-order valence-corrected chi connectivity index (χ2v) is 13.2. The van der Waals surface area contributed by atoms with Crippen LogP contribution in [0.2, 0.25) is 0 Å². The number of methoxy groups -OCH3 is 1. The number of hydrogen-bond acceptors (Lipinski definition) is 10. The normalized spacial score (nSPS) is 30.0. The number of ether oxygens (including phenoxy) is 5. The molecule has 1 saturated heterocycles. The average molecular weight is 654 g/mol. The molecule has 0 aliphatic carbocycles. The largest absolute Gasteiger partial charge is 0.465 e. The van der Waals surface area contributed by atoms with Gasteiger partial charge in [0.2, 0.25) is 0 Å². The monoisotopic (exact) mass is 653 g/mol. The van der Waals surface area contributed by atoms with Crippen LogP contribution in [0.3, 0.4) is 0 Å². The van der Waals surface area contributed by atoms with Crippen molar-refractivity contribution in [3.05, 3.63) is 36.0 Å². The first-order chi connectivity index (χ1) is 21.4. The van der Waals surface area contributed by atoms with E-state index in [1.165, 1.54) is 17.4 Å². The van der Waals surface area contributed by atoms with Gasteiger partial charge in [0.05, 0.1) is 31.3 Å². The number of esters is 2. The Hall–Kier alpha value is -2.73. The molecule has 0 aromatic rings. The molecule has 0 aromatic heterocycles. The third-order valence-electron chi connectivity index (χ3n) is 8.07. The van der Waals surface area contributed by atoms with Gasteiger partial charge < -0.3 is 38.8 Å². The Labute approximate surface area is 275 Å². The second-order valence-electron chi connectivity index (χ2n) is 13.2. The van der Waals surface area contributed by atoms with Gasteiger partial charge in [0.15, 0.2) is 0 Å². The first-order valence-corrected chi connectivity index (χ1v) is 16.2. The van der Waals surface area contributed by atoms with Crippen LogP contribution in [0.5, 0.6) is 0 Å². The highest BCUT2D eigenvalue weighted by Gasteiger charge is 2.52. The maximum atomic E-state index is 12.1. The fraction of sp³-hybridized carbons (Fsp3) is 0.743. The van der Waals surface area contributed by atoms with E-state index in [2.05, 4.69) is 40.7 Å². The zero-order chi connectivity index (χ0) is 35.2. The van der Waals surface area contributed by atoms with Gasteiger partial charge >= 0.3 is 18.0 Å².